The minimum atomic E-state index is -5.34. The number of aromatic nitrogens is 1. The second-order valence-corrected chi connectivity index (χ2v) is 3.51. The second-order valence-electron chi connectivity index (χ2n) is 3.51. The molecule has 0 atom stereocenters. The summed E-state index contributed by atoms with van der Waals surface area (Å²) >= 11 is 0. The van der Waals surface area contributed by atoms with E-state index in [4.69, 9.17) is 0 Å². The van der Waals surface area contributed by atoms with Gasteiger partial charge in [0.05, 0.1) is 6.61 Å². The second kappa shape index (κ2) is 5.17. The van der Waals surface area contributed by atoms with Gasteiger partial charge in [0.2, 0.25) is 0 Å². The van der Waals surface area contributed by atoms with Crippen molar-refractivity contribution in [2.45, 2.75) is 19.3 Å². The first-order valence-electron chi connectivity index (χ1n) is 5.07. The Bertz CT molecular complexity index is 572. The van der Waals surface area contributed by atoms with Gasteiger partial charge in [-0.3, -0.25) is 4.79 Å². The number of esters is 1. The van der Waals surface area contributed by atoms with Crippen molar-refractivity contribution in [3.05, 3.63) is 33.2 Å². The van der Waals surface area contributed by atoms with Crippen LogP contribution in [-0.2, 0) is 17.1 Å². The quantitative estimate of drug-likeness (QED) is 0.675. The number of pyridine rings is 1. The number of hydrogen-bond donors (Lipinski definition) is 1. The minimum absolute atomic E-state index is 0.124. The van der Waals surface area contributed by atoms with E-state index in [1.807, 2.05) is 0 Å². The topological polar surface area (TPSA) is 59.2 Å². The van der Waals surface area contributed by atoms with Crippen molar-refractivity contribution in [1.29, 1.82) is 0 Å². The summed E-state index contributed by atoms with van der Waals surface area (Å²) in [5.41, 5.74) is -7.21. The summed E-state index contributed by atoms with van der Waals surface area (Å²) in [6.45, 7) is 0.931. The lowest BCUT2D eigenvalue weighted by Gasteiger charge is -2.14. The van der Waals surface area contributed by atoms with Crippen molar-refractivity contribution in [3.8, 4) is 0 Å². The Morgan fingerprint density at radius 1 is 1.20 bits per heavy atom. The number of hydrogen-bond acceptors (Lipinski definition) is 3. The molecule has 0 fully saturated rings. The van der Waals surface area contributed by atoms with Crippen LogP contribution in [0.4, 0.5) is 26.3 Å². The van der Waals surface area contributed by atoms with Gasteiger partial charge in [0, 0.05) is 6.07 Å². The summed E-state index contributed by atoms with van der Waals surface area (Å²) in [5.74, 6) is -1.64. The zero-order chi connectivity index (χ0) is 15.7. The Hall–Kier alpha value is -2.00. The van der Waals surface area contributed by atoms with Crippen LogP contribution in [-0.4, -0.2) is 17.6 Å². The molecular formula is C10H7F6NO3. The fourth-order valence-corrected chi connectivity index (χ4v) is 1.33. The molecule has 1 heterocycles. The monoisotopic (exact) mass is 303 g/mol. The number of rotatable bonds is 2. The Balaban J connectivity index is 3.61. The fraction of sp³-hybridized carbons (Fsp3) is 0.400. The van der Waals surface area contributed by atoms with Crippen LogP contribution in [0, 0.1) is 0 Å². The Morgan fingerprint density at radius 2 is 1.75 bits per heavy atom. The van der Waals surface area contributed by atoms with Crippen molar-refractivity contribution >= 4 is 5.97 Å². The van der Waals surface area contributed by atoms with Crippen LogP contribution < -0.4 is 5.43 Å². The van der Waals surface area contributed by atoms with Gasteiger partial charge in [0.1, 0.15) is 17.0 Å². The number of halogens is 6. The van der Waals surface area contributed by atoms with Gasteiger partial charge >= 0.3 is 18.3 Å². The summed E-state index contributed by atoms with van der Waals surface area (Å²) in [6, 6.07) is -0.124. The number of aromatic amines is 1. The van der Waals surface area contributed by atoms with Crippen molar-refractivity contribution in [1.82, 2.24) is 4.98 Å². The van der Waals surface area contributed by atoms with Crippen molar-refractivity contribution < 1.29 is 35.9 Å². The predicted octanol–water partition coefficient (Wildman–Crippen LogP) is 2.59. The van der Waals surface area contributed by atoms with Gasteiger partial charge in [0.25, 0.3) is 0 Å². The van der Waals surface area contributed by atoms with Gasteiger partial charge in [-0.05, 0) is 6.92 Å². The third-order valence-electron chi connectivity index (χ3n) is 2.10. The number of carbonyl (C=O) groups excluding carboxylic acids is 1. The smallest absolute Gasteiger partial charge is 0.432 e. The fourth-order valence-electron chi connectivity index (χ4n) is 1.33. The molecule has 112 valence electrons. The van der Waals surface area contributed by atoms with E-state index in [2.05, 4.69) is 4.74 Å². The summed E-state index contributed by atoms with van der Waals surface area (Å²) in [4.78, 5) is 23.6. The first kappa shape index (κ1) is 16.1. The molecule has 0 aliphatic carbocycles. The molecule has 1 rings (SSSR count). The van der Waals surface area contributed by atoms with Crippen molar-refractivity contribution in [2.24, 2.45) is 0 Å². The van der Waals surface area contributed by atoms with Crippen LogP contribution in [0.2, 0.25) is 0 Å². The van der Waals surface area contributed by atoms with E-state index in [0.717, 1.165) is 4.98 Å². The standard InChI is InChI=1S/C10H7F6NO3/c1-2-20-8(19)6-4(18)3-5(9(11,12)13)17-7(6)10(14,15)16/h3H,2H2,1H3,(H,17,18). The molecule has 0 amide bonds. The number of nitrogens with one attached hydrogen (secondary N) is 1. The van der Waals surface area contributed by atoms with Gasteiger partial charge in [-0.15, -0.1) is 0 Å². The van der Waals surface area contributed by atoms with E-state index >= 15 is 0 Å². The lowest BCUT2D eigenvalue weighted by Crippen LogP contribution is -2.28. The molecule has 0 bridgehead atoms. The van der Waals surface area contributed by atoms with Crippen LogP contribution in [0.3, 0.4) is 0 Å². The van der Waals surface area contributed by atoms with Gasteiger partial charge in [-0.2, -0.15) is 26.3 Å². The maximum Gasteiger partial charge on any atom is 0.432 e. The Labute approximate surface area is 107 Å². The van der Waals surface area contributed by atoms with E-state index in [0.29, 0.717) is 0 Å². The Kier molecular flexibility index (Phi) is 4.15. The van der Waals surface area contributed by atoms with E-state index in [-0.39, 0.29) is 12.7 Å². The predicted molar refractivity (Wildman–Crippen MR) is 53.0 cm³/mol. The molecule has 0 aromatic carbocycles. The molecule has 1 N–H and O–H groups in total. The SMILES string of the molecule is CCOC(=O)c1c(C(F)(F)F)[nH]c(C(F)(F)F)cc1=O. The third kappa shape index (κ3) is 3.31. The molecule has 0 unspecified atom stereocenters. The largest absolute Gasteiger partial charge is 0.462 e. The van der Waals surface area contributed by atoms with Crippen molar-refractivity contribution in [3.63, 3.8) is 0 Å². The van der Waals surface area contributed by atoms with Crippen LogP contribution in [0.25, 0.3) is 0 Å². The average molecular weight is 303 g/mol. The normalized spacial score (nSPS) is 12.3. The highest BCUT2D eigenvalue weighted by molar-refractivity contribution is 5.90. The highest BCUT2D eigenvalue weighted by atomic mass is 19.4. The molecule has 10 heteroatoms. The number of carbonyl (C=O) groups is 1. The molecule has 0 saturated carbocycles. The highest BCUT2D eigenvalue weighted by Crippen LogP contribution is 2.33. The maximum atomic E-state index is 12.7. The van der Waals surface area contributed by atoms with E-state index in [1.54, 1.807) is 0 Å². The molecule has 0 radical (unpaired) electrons. The lowest BCUT2D eigenvalue weighted by molar-refractivity contribution is -0.150. The van der Waals surface area contributed by atoms with Gasteiger partial charge in [-0.25, -0.2) is 4.79 Å². The summed E-state index contributed by atoms with van der Waals surface area (Å²) in [6.07, 6.45) is -10.5. The molecule has 0 saturated heterocycles. The van der Waals surface area contributed by atoms with Crippen LogP contribution in [0.15, 0.2) is 10.9 Å². The molecule has 1 aromatic rings. The van der Waals surface area contributed by atoms with Crippen LogP contribution in [0.5, 0.6) is 0 Å². The molecule has 20 heavy (non-hydrogen) atoms. The average Bonchev–Trinajstić information content (AvgIpc) is 2.25. The van der Waals surface area contributed by atoms with E-state index in [9.17, 15) is 35.9 Å². The number of H-pyrrole nitrogens is 1. The van der Waals surface area contributed by atoms with Gasteiger partial charge in [-0.1, -0.05) is 0 Å². The lowest BCUT2D eigenvalue weighted by atomic mass is 10.1. The van der Waals surface area contributed by atoms with Crippen LogP contribution >= 0.6 is 0 Å². The molecule has 0 aliphatic rings. The van der Waals surface area contributed by atoms with E-state index in [1.165, 1.54) is 6.92 Å². The van der Waals surface area contributed by atoms with Crippen LogP contribution in [0.1, 0.15) is 28.7 Å². The molecule has 1 aromatic heterocycles. The zero-order valence-electron chi connectivity index (χ0n) is 9.78. The molecule has 0 aliphatic heterocycles. The third-order valence-corrected chi connectivity index (χ3v) is 2.10. The number of ether oxygens (including phenoxy) is 1. The Morgan fingerprint density at radius 3 is 2.15 bits per heavy atom. The zero-order valence-corrected chi connectivity index (χ0v) is 9.78. The van der Waals surface area contributed by atoms with Gasteiger partial charge < -0.3 is 9.72 Å². The minimum Gasteiger partial charge on any atom is -0.462 e. The highest BCUT2D eigenvalue weighted by Gasteiger charge is 2.42. The molecule has 4 nitrogen and oxygen atoms in total. The molecule has 0 spiro atoms. The maximum absolute atomic E-state index is 12.7. The summed E-state index contributed by atoms with van der Waals surface area (Å²) in [7, 11) is 0. The molecular weight excluding hydrogens is 296 g/mol. The van der Waals surface area contributed by atoms with Gasteiger partial charge in [0.15, 0.2) is 5.43 Å². The summed E-state index contributed by atoms with van der Waals surface area (Å²) in [5, 5.41) is 0. The summed E-state index contributed by atoms with van der Waals surface area (Å²) < 4.78 is 79.3. The first-order chi connectivity index (χ1) is 8.98. The number of alkyl halides is 6. The van der Waals surface area contributed by atoms with E-state index < -0.39 is 40.7 Å². The first-order valence-corrected chi connectivity index (χ1v) is 5.07. The van der Waals surface area contributed by atoms with Crippen molar-refractivity contribution in [2.75, 3.05) is 6.61 Å².